The first-order chi connectivity index (χ1) is 11.0. The van der Waals surface area contributed by atoms with Gasteiger partial charge in [-0.3, -0.25) is 9.59 Å². The third kappa shape index (κ3) is 2.18. The van der Waals surface area contributed by atoms with Gasteiger partial charge in [-0.2, -0.15) is 0 Å². The van der Waals surface area contributed by atoms with Crippen molar-refractivity contribution < 1.29 is 14.0 Å². The second kappa shape index (κ2) is 5.40. The minimum Gasteiger partial charge on any atom is -0.299 e. The second-order valence-corrected chi connectivity index (χ2v) is 8.62. The van der Waals surface area contributed by atoms with E-state index in [1.165, 1.54) is 0 Å². The van der Waals surface area contributed by atoms with Crippen molar-refractivity contribution in [2.24, 2.45) is 35.0 Å². The Bertz CT molecular complexity index is 586. The van der Waals surface area contributed by atoms with Crippen LogP contribution in [0.5, 0.6) is 0 Å². The number of carbonyl (C=O) groups is 2. The van der Waals surface area contributed by atoms with E-state index >= 15 is 4.39 Å². The molecule has 0 bridgehead atoms. The first-order valence-corrected chi connectivity index (χ1v) is 9.46. The van der Waals surface area contributed by atoms with Crippen LogP contribution in [0.3, 0.4) is 0 Å². The van der Waals surface area contributed by atoms with Gasteiger partial charge in [0.1, 0.15) is 12.0 Å². The number of hydrogen-bond acceptors (Lipinski definition) is 2. The highest BCUT2D eigenvalue weighted by Gasteiger charge is 2.61. The summed E-state index contributed by atoms with van der Waals surface area (Å²) in [5.41, 5.74) is 0.639. The summed E-state index contributed by atoms with van der Waals surface area (Å²) in [7, 11) is 0. The molecule has 0 amide bonds. The Labute approximate surface area is 141 Å². The number of allylic oxidation sites excluding steroid dienone is 1. The van der Waals surface area contributed by atoms with E-state index in [1.54, 1.807) is 6.08 Å². The van der Waals surface area contributed by atoms with Crippen LogP contribution in [-0.4, -0.2) is 23.6 Å². The summed E-state index contributed by atoms with van der Waals surface area (Å²) in [6.45, 7) is 1.98. The molecule has 5 unspecified atom stereocenters. The van der Waals surface area contributed by atoms with E-state index in [-0.39, 0.29) is 41.2 Å². The Morgan fingerprint density at radius 1 is 1.26 bits per heavy atom. The Balaban J connectivity index is 1.76. The molecule has 0 aromatic rings. The molecule has 0 aromatic carbocycles. The van der Waals surface area contributed by atoms with Gasteiger partial charge in [0.05, 0.1) is 0 Å². The molecule has 23 heavy (non-hydrogen) atoms. The summed E-state index contributed by atoms with van der Waals surface area (Å²) >= 11 is 6.27. The number of rotatable bonds is 1. The molecule has 4 aliphatic rings. The SMILES string of the molecule is C[C@]12C[C@H](F)C3C4CCC(=O)C=C4CC(CCl)C3C1CCC2=O. The highest BCUT2D eigenvalue weighted by Crippen LogP contribution is 2.62. The van der Waals surface area contributed by atoms with Gasteiger partial charge < -0.3 is 0 Å². The third-order valence-electron chi connectivity index (χ3n) is 7.31. The molecule has 4 rings (SSSR count). The average Bonchev–Trinajstić information content (AvgIpc) is 2.81. The van der Waals surface area contributed by atoms with Crippen LogP contribution < -0.4 is 0 Å². The molecular weight excluding hydrogens is 315 g/mol. The number of alkyl halides is 2. The van der Waals surface area contributed by atoms with Crippen molar-refractivity contribution in [2.45, 2.75) is 51.6 Å². The average molecular weight is 339 g/mol. The van der Waals surface area contributed by atoms with E-state index in [4.69, 9.17) is 11.6 Å². The molecule has 4 aliphatic carbocycles. The molecule has 0 radical (unpaired) electrons. The molecule has 3 saturated carbocycles. The lowest BCUT2D eigenvalue weighted by Crippen LogP contribution is -2.55. The van der Waals surface area contributed by atoms with E-state index < -0.39 is 11.6 Å². The number of ketones is 2. The van der Waals surface area contributed by atoms with Crippen molar-refractivity contribution in [1.82, 2.24) is 0 Å². The molecule has 7 atom stereocenters. The number of Topliss-reactive ketones (excluding diaryl/α,β-unsaturated/α-hetero) is 1. The van der Waals surface area contributed by atoms with Gasteiger partial charge in [-0.05, 0) is 55.4 Å². The molecule has 0 aliphatic heterocycles. The summed E-state index contributed by atoms with van der Waals surface area (Å²) in [6, 6.07) is 0. The molecule has 0 N–H and O–H groups in total. The predicted octanol–water partition coefficient (Wildman–Crippen LogP) is 4.11. The normalized spacial score (nSPS) is 49.3. The van der Waals surface area contributed by atoms with Gasteiger partial charge in [0.25, 0.3) is 0 Å². The standard InChI is InChI=1S/C19H24ClFO2/c1-19-8-15(21)18-13-3-2-12(22)7-10(13)6-11(9-20)17(18)14(19)4-5-16(19)23/h7,11,13-15,17-18H,2-6,8-9H2,1H3/t11?,13?,14?,15-,17?,18?,19-/m0/s1. The van der Waals surface area contributed by atoms with E-state index in [0.717, 1.165) is 24.8 Å². The van der Waals surface area contributed by atoms with Gasteiger partial charge in [-0.15, -0.1) is 11.6 Å². The number of hydrogen-bond donors (Lipinski definition) is 0. The van der Waals surface area contributed by atoms with Crippen LogP contribution in [-0.2, 0) is 9.59 Å². The minimum absolute atomic E-state index is 0.0455. The van der Waals surface area contributed by atoms with E-state index in [1.807, 2.05) is 6.92 Å². The van der Waals surface area contributed by atoms with Crippen LogP contribution in [0, 0.1) is 35.0 Å². The molecular formula is C19H24ClFO2. The van der Waals surface area contributed by atoms with Gasteiger partial charge in [0, 0.05) is 30.1 Å². The van der Waals surface area contributed by atoms with Gasteiger partial charge in [-0.25, -0.2) is 4.39 Å². The van der Waals surface area contributed by atoms with Crippen molar-refractivity contribution in [3.63, 3.8) is 0 Å². The first kappa shape index (κ1) is 15.8. The highest BCUT2D eigenvalue weighted by molar-refractivity contribution is 6.18. The van der Waals surface area contributed by atoms with Crippen LogP contribution in [0.4, 0.5) is 4.39 Å². The highest BCUT2D eigenvalue weighted by atomic mass is 35.5. The van der Waals surface area contributed by atoms with Crippen LogP contribution in [0.1, 0.15) is 45.4 Å². The zero-order valence-electron chi connectivity index (χ0n) is 13.6. The zero-order chi connectivity index (χ0) is 16.4. The predicted molar refractivity (Wildman–Crippen MR) is 87.0 cm³/mol. The minimum atomic E-state index is -0.948. The fourth-order valence-electron chi connectivity index (χ4n) is 6.31. The summed E-state index contributed by atoms with van der Waals surface area (Å²) in [5.74, 6) is 1.73. The topological polar surface area (TPSA) is 34.1 Å². The summed E-state index contributed by atoms with van der Waals surface area (Å²) in [5, 5.41) is 0. The van der Waals surface area contributed by atoms with Crippen LogP contribution in [0.2, 0.25) is 0 Å². The fraction of sp³-hybridized carbons (Fsp3) is 0.789. The maximum Gasteiger partial charge on any atom is 0.155 e. The van der Waals surface area contributed by atoms with Crippen LogP contribution in [0.15, 0.2) is 11.6 Å². The zero-order valence-corrected chi connectivity index (χ0v) is 14.3. The van der Waals surface area contributed by atoms with Crippen molar-refractivity contribution >= 4 is 23.2 Å². The number of carbonyl (C=O) groups excluding carboxylic acids is 2. The van der Waals surface area contributed by atoms with Gasteiger partial charge in [-0.1, -0.05) is 12.5 Å². The van der Waals surface area contributed by atoms with Crippen molar-refractivity contribution in [2.75, 3.05) is 5.88 Å². The van der Waals surface area contributed by atoms with Crippen molar-refractivity contribution in [3.05, 3.63) is 11.6 Å². The largest absolute Gasteiger partial charge is 0.299 e. The van der Waals surface area contributed by atoms with Crippen molar-refractivity contribution in [1.29, 1.82) is 0 Å². The summed E-state index contributed by atoms with van der Waals surface area (Å²) in [4.78, 5) is 24.2. The van der Waals surface area contributed by atoms with E-state index in [2.05, 4.69) is 0 Å². The molecule has 0 heterocycles. The Hall–Kier alpha value is -0.700. The molecule has 2 nitrogen and oxygen atoms in total. The second-order valence-electron chi connectivity index (χ2n) is 8.31. The van der Waals surface area contributed by atoms with Crippen LogP contribution in [0.25, 0.3) is 0 Å². The van der Waals surface area contributed by atoms with E-state index in [9.17, 15) is 9.59 Å². The molecule has 4 heteroatoms. The first-order valence-electron chi connectivity index (χ1n) is 8.92. The molecule has 3 fully saturated rings. The van der Waals surface area contributed by atoms with Gasteiger partial charge >= 0.3 is 0 Å². The van der Waals surface area contributed by atoms with Gasteiger partial charge in [0.2, 0.25) is 0 Å². The summed E-state index contributed by atoms with van der Waals surface area (Å²) < 4.78 is 15.2. The smallest absolute Gasteiger partial charge is 0.155 e. The fourth-order valence-corrected chi connectivity index (χ4v) is 6.62. The lowest BCUT2D eigenvalue weighted by atomic mass is 9.49. The Morgan fingerprint density at radius 3 is 2.78 bits per heavy atom. The molecule has 0 saturated heterocycles. The van der Waals surface area contributed by atoms with Crippen molar-refractivity contribution in [3.8, 4) is 0 Å². The lowest BCUT2D eigenvalue weighted by Gasteiger charge is -2.56. The maximum absolute atomic E-state index is 15.2. The van der Waals surface area contributed by atoms with Crippen LogP contribution >= 0.6 is 11.6 Å². The number of fused-ring (bicyclic) bond motifs is 5. The molecule has 0 spiro atoms. The number of halogens is 2. The monoisotopic (exact) mass is 338 g/mol. The quantitative estimate of drug-likeness (QED) is 0.674. The van der Waals surface area contributed by atoms with Gasteiger partial charge in [0.15, 0.2) is 5.78 Å². The maximum atomic E-state index is 15.2. The van der Waals surface area contributed by atoms with E-state index in [0.29, 0.717) is 25.1 Å². The Morgan fingerprint density at radius 2 is 2.04 bits per heavy atom. The summed E-state index contributed by atoms with van der Waals surface area (Å²) in [6.07, 6.45) is 4.80. The third-order valence-corrected chi connectivity index (χ3v) is 7.71. The Kier molecular flexibility index (Phi) is 3.71. The molecule has 126 valence electrons. The molecule has 0 aromatic heterocycles. The lowest BCUT2D eigenvalue weighted by molar-refractivity contribution is -0.137.